The molecule has 1 atom stereocenters. The van der Waals surface area contributed by atoms with Crippen molar-refractivity contribution in [2.24, 2.45) is 0 Å². The van der Waals surface area contributed by atoms with Crippen molar-refractivity contribution in [2.75, 3.05) is 13.3 Å². The first-order valence-electron chi connectivity index (χ1n) is 6.56. The molecule has 0 saturated carbocycles. The molecule has 2 heterocycles. The molecular weight excluding hydrogens is 262 g/mol. The van der Waals surface area contributed by atoms with Crippen molar-refractivity contribution < 1.29 is 24.2 Å². The van der Waals surface area contributed by atoms with Crippen LogP contribution in [-0.2, 0) is 16.0 Å². The Labute approximate surface area is 115 Å². The van der Waals surface area contributed by atoms with Crippen LogP contribution in [0.1, 0.15) is 18.4 Å². The van der Waals surface area contributed by atoms with E-state index in [4.69, 9.17) is 14.6 Å². The summed E-state index contributed by atoms with van der Waals surface area (Å²) in [5, 5.41) is 9.10. The summed E-state index contributed by atoms with van der Waals surface area (Å²) < 4.78 is 10.5. The number of likely N-dealkylation sites (tertiary alicyclic amines) is 1. The van der Waals surface area contributed by atoms with Crippen LogP contribution in [0.25, 0.3) is 0 Å². The summed E-state index contributed by atoms with van der Waals surface area (Å²) in [6, 6.07) is 4.66. The van der Waals surface area contributed by atoms with Gasteiger partial charge in [0, 0.05) is 6.54 Å². The van der Waals surface area contributed by atoms with Gasteiger partial charge in [-0.3, -0.25) is 4.79 Å². The molecule has 0 bridgehead atoms. The number of carboxylic acid groups (broad SMARTS) is 1. The fraction of sp³-hybridized carbons (Fsp3) is 0.429. The molecule has 6 nitrogen and oxygen atoms in total. The Morgan fingerprint density at radius 3 is 2.90 bits per heavy atom. The lowest BCUT2D eigenvalue weighted by Gasteiger charge is -2.21. The van der Waals surface area contributed by atoms with Gasteiger partial charge in [0.05, 0.1) is 6.42 Å². The predicted molar refractivity (Wildman–Crippen MR) is 68.6 cm³/mol. The van der Waals surface area contributed by atoms with Gasteiger partial charge < -0.3 is 19.5 Å². The Kier molecular flexibility index (Phi) is 3.22. The van der Waals surface area contributed by atoms with Crippen LogP contribution in [0.2, 0.25) is 0 Å². The second kappa shape index (κ2) is 5.03. The number of benzene rings is 1. The number of nitrogens with zero attached hydrogens (tertiary/aromatic N) is 1. The maximum atomic E-state index is 12.2. The molecule has 1 N–H and O–H groups in total. The zero-order valence-electron chi connectivity index (χ0n) is 10.9. The molecule has 0 radical (unpaired) electrons. The van der Waals surface area contributed by atoms with Crippen LogP contribution < -0.4 is 9.47 Å². The van der Waals surface area contributed by atoms with Crippen molar-refractivity contribution in [2.45, 2.75) is 25.3 Å². The lowest BCUT2D eigenvalue weighted by molar-refractivity contribution is -0.148. The van der Waals surface area contributed by atoms with E-state index in [1.54, 1.807) is 18.2 Å². The average Bonchev–Trinajstić information content (AvgIpc) is 3.06. The molecular formula is C14H15NO5. The average molecular weight is 277 g/mol. The van der Waals surface area contributed by atoms with E-state index in [2.05, 4.69) is 0 Å². The molecule has 6 heteroatoms. The van der Waals surface area contributed by atoms with E-state index in [9.17, 15) is 9.59 Å². The number of hydrogen-bond acceptors (Lipinski definition) is 4. The van der Waals surface area contributed by atoms with Crippen molar-refractivity contribution >= 4 is 11.9 Å². The lowest BCUT2D eigenvalue weighted by Crippen LogP contribution is -2.41. The maximum Gasteiger partial charge on any atom is 0.326 e. The van der Waals surface area contributed by atoms with Gasteiger partial charge in [0.25, 0.3) is 0 Å². The summed E-state index contributed by atoms with van der Waals surface area (Å²) in [4.78, 5) is 24.8. The first-order valence-corrected chi connectivity index (χ1v) is 6.56. The number of carbonyl (C=O) groups is 2. The quantitative estimate of drug-likeness (QED) is 0.893. The Bertz CT molecular complexity index is 556. The highest BCUT2D eigenvalue weighted by molar-refractivity contribution is 5.85. The van der Waals surface area contributed by atoms with Crippen LogP contribution in [0.3, 0.4) is 0 Å². The summed E-state index contributed by atoms with van der Waals surface area (Å²) in [7, 11) is 0. The summed E-state index contributed by atoms with van der Waals surface area (Å²) in [6.45, 7) is 0.709. The summed E-state index contributed by atoms with van der Waals surface area (Å²) in [5.74, 6) is 0.215. The summed E-state index contributed by atoms with van der Waals surface area (Å²) >= 11 is 0. The number of aliphatic carboxylic acids is 1. The highest BCUT2D eigenvalue weighted by Gasteiger charge is 2.33. The number of rotatable bonds is 3. The van der Waals surface area contributed by atoms with Crippen LogP contribution in [0.5, 0.6) is 11.5 Å². The van der Waals surface area contributed by atoms with Crippen molar-refractivity contribution in [3.63, 3.8) is 0 Å². The van der Waals surface area contributed by atoms with E-state index < -0.39 is 12.0 Å². The van der Waals surface area contributed by atoms with Crippen molar-refractivity contribution in [1.29, 1.82) is 0 Å². The molecule has 1 aromatic carbocycles. The zero-order chi connectivity index (χ0) is 14.1. The van der Waals surface area contributed by atoms with Crippen LogP contribution in [0.4, 0.5) is 0 Å². The Balaban J connectivity index is 1.71. The predicted octanol–water partition coefficient (Wildman–Crippen LogP) is 1.03. The van der Waals surface area contributed by atoms with Gasteiger partial charge in [0.15, 0.2) is 11.5 Å². The highest BCUT2D eigenvalue weighted by atomic mass is 16.7. The van der Waals surface area contributed by atoms with Crippen LogP contribution in [0, 0.1) is 0 Å². The van der Waals surface area contributed by atoms with E-state index in [0.717, 1.165) is 12.0 Å². The fourth-order valence-electron chi connectivity index (χ4n) is 2.65. The van der Waals surface area contributed by atoms with Gasteiger partial charge in [0.2, 0.25) is 12.7 Å². The van der Waals surface area contributed by atoms with E-state index in [0.29, 0.717) is 24.5 Å². The van der Waals surface area contributed by atoms with Gasteiger partial charge >= 0.3 is 5.97 Å². The molecule has 0 unspecified atom stereocenters. The van der Waals surface area contributed by atoms with Gasteiger partial charge in [-0.25, -0.2) is 4.79 Å². The summed E-state index contributed by atoms with van der Waals surface area (Å²) in [5.41, 5.74) is 0.801. The Hall–Kier alpha value is -2.24. The van der Waals surface area contributed by atoms with Gasteiger partial charge in [-0.05, 0) is 30.5 Å². The third-order valence-corrected chi connectivity index (χ3v) is 3.65. The van der Waals surface area contributed by atoms with Gasteiger partial charge in [0.1, 0.15) is 6.04 Å². The molecule has 2 aliphatic heterocycles. The van der Waals surface area contributed by atoms with E-state index >= 15 is 0 Å². The number of carboxylic acids is 1. The lowest BCUT2D eigenvalue weighted by atomic mass is 10.1. The normalized spacial score (nSPS) is 20.2. The highest BCUT2D eigenvalue weighted by Crippen LogP contribution is 2.32. The van der Waals surface area contributed by atoms with Gasteiger partial charge in [-0.1, -0.05) is 6.07 Å². The third-order valence-electron chi connectivity index (χ3n) is 3.65. The minimum absolute atomic E-state index is 0.159. The largest absolute Gasteiger partial charge is 0.480 e. The van der Waals surface area contributed by atoms with Gasteiger partial charge in [-0.15, -0.1) is 0 Å². The smallest absolute Gasteiger partial charge is 0.326 e. The van der Waals surface area contributed by atoms with E-state index in [1.165, 1.54) is 4.90 Å². The number of ether oxygens (including phenoxy) is 2. The fourth-order valence-corrected chi connectivity index (χ4v) is 2.65. The van der Waals surface area contributed by atoms with Crippen LogP contribution in [0.15, 0.2) is 18.2 Å². The van der Waals surface area contributed by atoms with Crippen LogP contribution >= 0.6 is 0 Å². The molecule has 3 rings (SSSR count). The monoisotopic (exact) mass is 277 g/mol. The second-order valence-electron chi connectivity index (χ2n) is 4.95. The molecule has 1 amide bonds. The maximum absolute atomic E-state index is 12.2. The van der Waals surface area contributed by atoms with Crippen molar-refractivity contribution in [3.8, 4) is 11.5 Å². The molecule has 1 aromatic rings. The first kappa shape index (κ1) is 12.8. The van der Waals surface area contributed by atoms with E-state index in [-0.39, 0.29) is 19.1 Å². The number of carbonyl (C=O) groups excluding carboxylic acids is 1. The molecule has 0 aromatic heterocycles. The molecule has 106 valence electrons. The van der Waals surface area contributed by atoms with Gasteiger partial charge in [-0.2, -0.15) is 0 Å². The molecule has 2 aliphatic rings. The Morgan fingerprint density at radius 1 is 1.30 bits per heavy atom. The molecule has 1 fully saturated rings. The van der Waals surface area contributed by atoms with Crippen molar-refractivity contribution in [1.82, 2.24) is 4.90 Å². The standard InChI is InChI=1S/C14H15NO5/c16-13(15-5-1-2-10(15)14(17)18)7-9-3-4-11-12(6-9)20-8-19-11/h3-4,6,10H,1-2,5,7-8H2,(H,17,18)/t10-/m0/s1. The number of amides is 1. The second-order valence-corrected chi connectivity index (χ2v) is 4.95. The molecule has 0 spiro atoms. The summed E-state index contributed by atoms with van der Waals surface area (Å²) in [6.07, 6.45) is 1.45. The number of fused-ring (bicyclic) bond motifs is 1. The first-order chi connectivity index (χ1) is 9.65. The topological polar surface area (TPSA) is 76.1 Å². The Morgan fingerprint density at radius 2 is 2.10 bits per heavy atom. The zero-order valence-corrected chi connectivity index (χ0v) is 10.9. The molecule has 0 aliphatic carbocycles. The number of hydrogen-bond donors (Lipinski definition) is 1. The molecule has 1 saturated heterocycles. The SMILES string of the molecule is O=C(O)[C@@H]1CCCN1C(=O)Cc1ccc2c(c1)OCO2. The van der Waals surface area contributed by atoms with Crippen LogP contribution in [-0.4, -0.2) is 41.3 Å². The van der Waals surface area contributed by atoms with Crippen molar-refractivity contribution in [3.05, 3.63) is 23.8 Å². The van der Waals surface area contributed by atoms with E-state index in [1.807, 2.05) is 0 Å². The molecule has 20 heavy (non-hydrogen) atoms. The minimum Gasteiger partial charge on any atom is -0.480 e. The minimum atomic E-state index is -0.929. The third kappa shape index (κ3) is 2.29.